The first-order valence-electron chi connectivity index (χ1n) is 11.7. The second-order valence-corrected chi connectivity index (χ2v) is 9.16. The van der Waals surface area contributed by atoms with Crippen LogP contribution < -0.4 is 0 Å². The fraction of sp³-hybridized carbons (Fsp3) is 0.667. The third-order valence-electron chi connectivity index (χ3n) is 6.84. The Kier molecular flexibility index (Phi) is 6.61. The van der Waals surface area contributed by atoms with E-state index < -0.39 is 0 Å². The molecule has 1 aliphatic carbocycles. The Morgan fingerprint density at radius 3 is 2.23 bits per heavy atom. The van der Waals surface area contributed by atoms with Crippen LogP contribution in [0.25, 0.3) is 6.08 Å². The molecule has 30 heavy (non-hydrogen) atoms. The number of amides is 2. The van der Waals surface area contributed by atoms with Crippen LogP contribution in [-0.4, -0.2) is 76.9 Å². The highest BCUT2D eigenvalue weighted by Gasteiger charge is 2.27. The fourth-order valence-electron chi connectivity index (χ4n) is 4.87. The van der Waals surface area contributed by atoms with Crippen LogP contribution in [0, 0.1) is 13.8 Å². The lowest BCUT2D eigenvalue weighted by Crippen LogP contribution is -2.51. The topological polar surface area (TPSA) is 48.8 Å². The molecule has 1 aromatic heterocycles. The van der Waals surface area contributed by atoms with E-state index in [0.29, 0.717) is 25.7 Å². The number of aryl methyl sites for hydroxylation is 1. The molecule has 2 saturated heterocycles. The molecule has 0 bridgehead atoms. The van der Waals surface area contributed by atoms with Crippen molar-refractivity contribution in [1.82, 2.24) is 19.3 Å². The van der Waals surface area contributed by atoms with Crippen molar-refractivity contribution in [3.8, 4) is 0 Å². The zero-order valence-electron chi connectivity index (χ0n) is 18.6. The van der Waals surface area contributed by atoms with Crippen molar-refractivity contribution in [3.05, 3.63) is 29.1 Å². The summed E-state index contributed by atoms with van der Waals surface area (Å²) in [7, 11) is 0. The van der Waals surface area contributed by atoms with Crippen LogP contribution in [0.3, 0.4) is 0 Å². The summed E-state index contributed by atoms with van der Waals surface area (Å²) in [5.74, 6) is 0.326. The normalized spacial score (nSPS) is 21.3. The molecule has 0 radical (unpaired) electrons. The first kappa shape index (κ1) is 21.2. The Hall–Kier alpha value is -2.08. The lowest BCUT2D eigenvalue weighted by molar-refractivity contribution is -0.133. The second-order valence-electron chi connectivity index (χ2n) is 9.16. The Balaban J connectivity index is 1.26. The van der Waals surface area contributed by atoms with Gasteiger partial charge >= 0.3 is 0 Å². The molecule has 0 aromatic carbocycles. The lowest BCUT2D eigenvalue weighted by atomic mass is 10.2. The van der Waals surface area contributed by atoms with Gasteiger partial charge in [0.15, 0.2) is 0 Å². The van der Waals surface area contributed by atoms with E-state index in [1.807, 2.05) is 15.9 Å². The molecule has 2 amide bonds. The van der Waals surface area contributed by atoms with Crippen molar-refractivity contribution in [2.45, 2.75) is 58.4 Å². The summed E-state index contributed by atoms with van der Waals surface area (Å²) in [6.07, 6.45) is 11.0. The van der Waals surface area contributed by atoms with Crippen LogP contribution in [0.2, 0.25) is 0 Å². The Labute approximate surface area is 180 Å². The van der Waals surface area contributed by atoms with Crippen LogP contribution in [0.5, 0.6) is 0 Å². The van der Waals surface area contributed by atoms with Gasteiger partial charge in [-0.1, -0.05) is 12.8 Å². The molecule has 0 atom stereocenters. The van der Waals surface area contributed by atoms with Gasteiger partial charge in [0, 0.05) is 62.8 Å². The van der Waals surface area contributed by atoms with Gasteiger partial charge in [0.25, 0.3) is 0 Å². The molecule has 164 valence electrons. The van der Waals surface area contributed by atoms with Crippen molar-refractivity contribution in [1.29, 1.82) is 0 Å². The molecule has 0 spiro atoms. The smallest absolute Gasteiger partial charge is 0.246 e. The van der Waals surface area contributed by atoms with Gasteiger partial charge in [0.1, 0.15) is 0 Å². The third-order valence-corrected chi connectivity index (χ3v) is 6.84. The fourth-order valence-corrected chi connectivity index (χ4v) is 4.87. The monoisotopic (exact) mass is 412 g/mol. The van der Waals surface area contributed by atoms with E-state index >= 15 is 0 Å². The van der Waals surface area contributed by atoms with E-state index in [4.69, 9.17) is 0 Å². The molecule has 0 unspecified atom stereocenters. The SMILES string of the molecule is Cc1cc(C=CC(=O)N2CCN(CC(=O)N3CCCCCC3)CC2)c(C)n1C1CC1. The highest BCUT2D eigenvalue weighted by Crippen LogP contribution is 2.38. The summed E-state index contributed by atoms with van der Waals surface area (Å²) in [5, 5.41) is 0. The Morgan fingerprint density at radius 2 is 1.60 bits per heavy atom. The van der Waals surface area contributed by atoms with Gasteiger partial charge in [-0.25, -0.2) is 0 Å². The van der Waals surface area contributed by atoms with Crippen LogP contribution in [0.4, 0.5) is 0 Å². The molecular formula is C24H36N4O2. The van der Waals surface area contributed by atoms with Gasteiger partial charge in [-0.15, -0.1) is 0 Å². The van der Waals surface area contributed by atoms with Crippen LogP contribution in [0.15, 0.2) is 12.1 Å². The standard InChI is InChI=1S/C24H36N4O2/c1-19-17-21(20(2)28(19)22-8-9-22)7-10-23(29)27-15-13-25(14-16-27)18-24(30)26-11-5-3-4-6-12-26/h7,10,17,22H,3-6,8-9,11-16,18H2,1-2H3. The molecule has 6 heteroatoms. The minimum Gasteiger partial charge on any atom is -0.346 e. The summed E-state index contributed by atoms with van der Waals surface area (Å²) in [6, 6.07) is 2.84. The van der Waals surface area contributed by atoms with Crippen LogP contribution >= 0.6 is 0 Å². The first-order valence-corrected chi connectivity index (χ1v) is 11.7. The lowest BCUT2D eigenvalue weighted by Gasteiger charge is -2.34. The molecule has 6 nitrogen and oxygen atoms in total. The zero-order chi connectivity index (χ0) is 21.1. The molecular weight excluding hydrogens is 376 g/mol. The minimum atomic E-state index is 0.0738. The van der Waals surface area contributed by atoms with Crippen molar-refractivity contribution in [2.75, 3.05) is 45.8 Å². The van der Waals surface area contributed by atoms with Crippen molar-refractivity contribution in [3.63, 3.8) is 0 Å². The van der Waals surface area contributed by atoms with Crippen molar-refractivity contribution in [2.24, 2.45) is 0 Å². The number of piperazine rings is 1. The number of rotatable bonds is 5. The molecule has 2 aliphatic heterocycles. The van der Waals surface area contributed by atoms with E-state index in [0.717, 1.165) is 44.6 Å². The van der Waals surface area contributed by atoms with Gasteiger partial charge in [0.2, 0.25) is 11.8 Å². The van der Waals surface area contributed by atoms with E-state index in [2.05, 4.69) is 29.4 Å². The molecule has 0 N–H and O–H groups in total. The number of nitrogens with zero attached hydrogens (tertiary/aromatic N) is 4. The van der Waals surface area contributed by atoms with Crippen LogP contribution in [-0.2, 0) is 9.59 Å². The van der Waals surface area contributed by atoms with Crippen molar-refractivity contribution < 1.29 is 9.59 Å². The number of carbonyl (C=O) groups excluding carboxylic acids is 2. The van der Waals surface area contributed by atoms with Crippen LogP contribution in [0.1, 0.15) is 61.5 Å². The minimum absolute atomic E-state index is 0.0738. The maximum Gasteiger partial charge on any atom is 0.246 e. The maximum absolute atomic E-state index is 12.7. The predicted molar refractivity (Wildman–Crippen MR) is 119 cm³/mol. The largest absolute Gasteiger partial charge is 0.346 e. The molecule has 1 aromatic rings. The average molecular weight is 413 g/mol. The van der Waals surface area contributed by atoms with E-state index in [9.17, 15) is 9.59 Å². The summed E-state index contributed by atoms with van der Waals surface area (Å²) in [6.45, 7) is 9.53. The Bertz CT molecular complexity index is 792. The number of hydrogen-bond donors (Lipinski definition) is 0. The summed E-state index contributed by atoms with van der Waals surface area (Å²) in [5.41, 5.74) is 3.69. The number of likely N-dealkylation sites (tertiary alicyclic amines) is 1. The molecule has 3 heterocycles. The third kappa shape index (κ3) is 4.97. The van der Waals surface area contributed by atoms with E-state index in [-0.39, 0.29) is 11.8 Å². The van der Waals surface area contributed by atoms with Gasteiger partial charge in [-0.2, -0.15) is 0 Å². The molecule has 3 fully saturated rings. The van der Waals surface area contributed by atoms with Gasteiger partial charge in [-0.05, 0) is 57.2 Å². The zero-order valence-corrected chi connectivity index (χ0v) is 18.6. The molecule has 3 aliphatic rings. The Morgan fingerprint density at radius 1 is 0.933 bits per heavy atom. The van der Waals surface area contributed by atoms with Gasteiger partial charge < -0.3 is 14.4 Å². The van der Waals surface area contributed by atoms with Crippen molar-refractivity contribution >= 4 is 17.9 Å². The molecule has 4 rings (SSSR count). The number of carbonyl (C=O) groups is 2. The predicted octanol–water partition coefficient (Wildman–Crippen LogP) is 3.00. The molecule has 1 saturated carbocycles. The highest BCUT2D eigenvalue weighted by atomic mass is 16.2. The summed E-state index contributed by atoms with van der Waals surface area (Å²) in [4.78, 5) is 31.4. The first-order chi connectivity index (χ1) is 14.5. The number of hydrogen-bond acceptors (Lipinski definition) is 3. The van der Waals surface area contributed by atoms with E-state index in [1.54, 1.807) is 6.08 Å². The van der Waals surface area contributed by atoms with Gasteiger partial charge in [0.05, 0.1) is 6.54 Å². The second kappa shape index (κ2) is 9.38. The quantitative estimate of drug-likeness (QED) is 0.699. The maximum atomic E-state index is 12.7. The van der Waals surface area contributed by atoms with E-state index in [1.165, 1.54) is 37.1 Å². The van der Waals surface area contributed by atoms with Gasteiger partial charge in [-0.3, -0.25) is 14.5 Å². The summed E-state index contributed by atoms with van der Waals surface area (Å²) < 4.78 is 2.41. The highest BCUT2D eigenvalue weighted by molar-refractivity contribution is 5.92. The number of aromatic nitrogens is 1. The average Bonchev–Trinajstić information content (AvgIpc) is 3.55. The summed E-state index contributed by atoms with van der Waals surface area (Å²) >= 11 is 0.